The van der Waals surface area contributed by atoms with Crippen LogP contribution in [0, 0.1) is 6.92 Å². The van der Waals surface area contributed by atoms with Crippen molar-refractivity contribution in [3.05, 3.63) is 47.5 Å². The lowest BCUT2D eigenvalue weighted by Crippen LogP contribution is -2.26. The number of carbonyl (C=O) groups is 1. The Labute approximate surface area is 118 Å². The molecule has 0 atom stereocenters. The van der Waals surface area contributed by atoms with E-state index < -0.39 is 0 Å². The predicted octanol–water partition coefficient (Wildman–Crippen LogP) is 2.12. The molecule has 0 bridgehead atoms. The van der Waals surface area contributed by atoms with Crippen LogP contribution in [-0.2, 0) is 6.42 Å². The Kier molecular flexibility index (Phi) is 4.76. The van der Waals surface area contributed by atoms with Gasteiger partial charge in [0.15, 0.2) is 0 Å². The van der Waals surface area contributed by atoms with E-state index in [9.17, 15) is 4.79 Å². The Bertz CT molecular complexity index is 563. The zero-order chi connectivity index (χ0) is 14.4. The Balaban J connectivity index is 1.97. The van der Waals surface area contributed by atoms with E-state index in [0.717, 1.165) is 29.9 Å². The van der Waals surface area contributed by atoms with Gasteiger partial charge in [0.2, 0.25) is 0 Å². The molecule has 0 unspecified atom stereocenters. The first-order chi connectivity index (χ1) is 9.70. The van der Waals surface area contributed by atoms with Crippen LogP contribution in [0.4, 0.5) is 5.69 Å². The number of benzene rings is 1. The van der Waals surface area contributed by atoms with Crippen LogP contribution >= 0.6 is 0 Å². The minimum atomic E-state index is -0.0551. The van der Waals surface area contributed by atoms with E-state index in [1.165, 1.54) is 0 Å². The van der Waals surface area contributed by atoms with Crippen LogP contribution in [0.3, 0.4) is 0 Å². The third-order valence-electron chi connectivity index (χ3n) is 3.02. The van der Waals surface area contributed by atoms with Gasteiger partial charge >= 0.3 is 0 Å². The van der Waals surface area contributed by atoms with Gasteiger partial charge in [-0.15, -0.1) is 0 Å². The second-order valence-corrected chi connectivity index (χ2v) is 4.66. The lowest BCUT2D eigenvalue weighted by Gasteiger charge is -2.12. The molecule has 0 spiro atoms. The molecule has 1 amide bonds. The molecule has 0 saturated heterocycles. The number of H-pyrrole nitrogens is 1. The van der Waals surface area contributed by atoms with Crippen molar-refractivity contribution in [2.45, 2.75) is 20.3 Å². The van der Waals surface area contributed by atoms with E-state index in [-0.39, 0.29) is 5.91 Å². The van der Waals surface area contributed by atoms with Crippen LogP contribution in [0.1, 0.15) is 28.5 Å². The number of imidazole rings is 1. The minimum absolute atomic E-state index is 0.0551. The Hall–Kier alpha value is -2.30. The van der Waals surface area contributed by atoms with Crippen LogP contribution in [-0.4, -0.2) is 29.0 Å². The molecule has 5 heteroatoms. The average molecular weight is 272 g/mol. The first-order valence-corrected chi connectivity index (χ1v) is 6.80. The zero-order valence-electron chi connectivity index (χ0n) is 11.9. The molecule has 1 aromatic carbocycles. The van der Waals surface area contributed by atoms with Gasteiger partial charge < -0.3 is 15.6 Å². The molecule has 0 saturated carbocycles. The summed E-state index contributed by atoms with van der Waals surface area (Å²) in [5.41, 5.74) is 3.71. The molecule has 3 N–H and O–H groups in total. The van der Waals surface area contributed by atoms with Crippen molar-refractivity contribution in [3.8, 4) is 0 Å². The first-order valence-electron chi connectivity index (χ1n) is 6.80. The number of nitrogens with zero attached hydrogens (tertiary/aromatic N) is 1. The van der Waals surface area contributed by atoms with E-state index in [0.29, 0.717) is 12.1 Å². The largest absolute Gasteiger partial charge is 0.385 e. The molecule has 5 nitrogen and oxygen atoms in total. The summed E-state index contributed by atoms with van der Waals surface area (Å²) < 4.78 is 0. The highest BCUT2D eigenvalue weighted by molar-refractivity contribution is 5.99. The predicted molar refractivity (Wildman–Crippen MR) is 80.0 cm³/mol. The number of aromatic amines is 1. The summed E-state index contributed by atoms with van der Waals surface area (Å²) in [6, 6.07) is 5.80. The zero-order valence-corrected chi connectivity index (χ0v) is 11.9. The van der Waals surface area contributed by atoms with Crippen molar-refractivity contribution in [2.75, 3.05) is 18.4 Å². The highest BCUT2D eigenvalue weighted by atomic mass is 16.1. The molecule has 2 aromatic rings. The third kappa shape index (κ3) is 3.60. The fourth-order valence-electron chi connectivity index (χ4n) is 2.02. The van der Waals surface area contributed by atoms with E-state index in [1.54, 1.807) is 12.5 Å². The number of rotatable bonds is 6. The van der Waals surface area contributed by atoms with Crippen LogP contribution < -0.4 is 10.6 Å². The number of carbonyl (C=O) groups excluding carboxylic acids is 1. The lowest BCUT2D eigenvalue weighted by molar-refractivity contribution is 0.0955. The van der Waals surface area contributed by atoms with Gasteiger partial charge in [0.05, 0.1) is 11.9 Å². The minimum Gasteiger partial charge on any atom is -0.385 e. The molecule has 0 aliphatic rings. The highest BCUT2D eigenvalue weighted by Gasteiger charge is 2.10. The van der Waals surface area contributed by atoms with Crippen LogP contribution in [0.2, 0.25) is 0 Å². The topological polar surface area (TPSA) is 69.8 Å². The summed E-state index contributed by atoms with van der Waals surface area (Å²) >= 11 is 0. The summed E-state index contributed by atoms with van der Waals surface area (Å²) in [6.45, 7) is 5.40. The highest BCUT2D eigenvalue weighted by Crippen LogP contribution is 2.17. The summed E-state index contributed by atoms with van der Waals surface area (Å²) in [5.74, 6) is -0.0551. The summed E-state index contributed by atoms with van der Waals surface area (Å²) in [5, 5.41) is 6.15. The molecular formula is C15H20N4O. The number of nitrogens with one attached hydrogen (secondary N) is 3. The van der Waals surface area contributed by atoms with Crippen LogP contribution in [0.5, 0.6) is 0 Å². The van der Waals surface area contributed by atoms with E-state index in [2.05, 4.69) is 20.6 Å². The van der Waals surface area contributed by atoms with Gasteiger partial charge in [0, 0.05) is 37.1 Å². The lowest BCUT2D eigenvalue weighted by atomic mass is 10.1. The summed E-state index contributed by atoms with van der Waals surface area (Å²) in [4.78, 5) is 19.2. The Morgan fingerprint density at radius 2 is 2.25 bits per heavy atom. The maximum atomic E-state index is 12.2. The maximum Gasteiger partial charge on any atom is 0.253 e. The van der Waals surface area contributed by atoms with Gasteiger partial charge in [0.25, 0.3) is 5.91 Å². The van der Waals surface area contributed by atoms with Gasteiger partial charge in [-0.25, -0.2) is 4.98 Å². The average Bonchev–Trinajstić information content (AvgIpc) is 2.92. The molecule has 0 fully saturated rings. The van der Waals surface area contributed by atoms with Crippen molar-refractivity contribution < 1.29 is 4.79 Å². The van der Waals surface area contributed by atoms with E-state index in [4.69, 9.17) is 0 Å². The summed E-state index contributed by atoms with van der Waals surface area (Å²) in [6.07, 6.45) is 4.15. The Morgan fingerprint density at radius 1 is 1.40 bits per heavy atom. The van der Waals surface area contributed by atoms with Crippen LogP contribution in [0.25, 0.3) is 0 Å². The van der Waals surface area contributed by atoms with Gasteiger partial charge in [-0.1, -0.05) is 6.07 Å². The molecule has 0 aliphatic heterocycles. The standard InChI is InChI=1S/C15H20N4O/c1-3-17-14-8-11(2)4-5-13(14)15(20)18-7-6-12-9-16-10-19-12/h4-5,8-10,17H,3,6-7H2,1-2H3,(H,16,19)(H,18,20). The molecule has 2 rings (SSSR count). The quantitative estimate of drug-likeness (QED) is 0.754. The van der Waals surface area contributed by atoms with Crippen molar-refractivity contribution in [2.24, 2.45) is 0 Å². The van der Waals surface area contributed by atoms with E-state index in [1.807, 2.05) is 32.0 Å². The molecule has 106 valence electrons. The number of hydrogen-bond acceptors (Lipinski definition) is 3. The van der Waals surface area contributed by atoms with Gasteiger partial charge in [-0.3, -0.25) is 4.79 Å². The smallest absolute Gasteiger partial charge is 0.253 e. The second kappa shape index (κ2) is 6.75. The van der Waals surface area contributed by atoms with Gasteiger partial charge in [0.1, 0.15) is 0 Å². The number of aryl methyl sites for hydroxylation is 1. The molecule has 0 radical (unpaired) electrons. The first kappa shape index (κ1) is 14.1. The number of amides is 1. The van der Waals surface area contributed by atoms with Gasteiger partial charge in [-0.2, -0.15) is 0 Å². The number of hydrogen-bond donors (Lipinski definition) is 3. The van der Waals surface area contributed by atoms with Crippen molar-refractivity contribution >= 4 is 11.6 Å². The normalized spacial score (nSPS) is 10.3. The number of anilines is 1. The maximum absolute atomic E-state index is 12.2. The van der Waals surface area contributed by atoms with Crippen molar-refractivity contribution in [3.63, 3.8) is 0 Å². The van der Waals surface area contributed by atoms with E-state index >= 15 is 0 Å². The second-order valence-electron chi connectivity index (χ2n) is 4.66. The third-order valence-corrected chi connectivity index (χ3v) is 3.02. The van der Waals surface area contributed by atoms with Crippen LogP contribution in [0.15, 0.2) is 30.7 Å². The summed E-state index contributed by atoms with van der Waals surface area (Å²) in [7, 11) is 0. The molecule has 1 aromatic heterocycles. The molecule has 20 heavy (non-hydrogen) atoms. The Morgan fingerprint density at radius 3 is 2.95 bits per heavy atom. The SMILES string of the molecule is CCNc1cc(C)ccc1C(=O)NCCc1cnc[nH]1. The fraction of sp³-hybridized carbons (Fsp3) is 0.333. The van der Waals surface area contributed by atoms with Crippen molar-refractivity contribution in [1.29, 1.82) is 0 Å². The van der Waals surface area contributed by atoms with Gasteiger partial charge in [-0.05, 0) is 31.5 Å². The monoisotopic (exact) mass is 272 g/mol. The molecule has 0 aliphatic carbocycles. The molecular weight excluding hydrogens is 252 g/mol. The number of aromatic nitrogens is 2. The fourth-order valence-corrected chi connectivity index (χ4v) is 2.02. The molecule has 1 heterocycles. The van der Waals surface area contributed by atoms with Crippen molar-refractivity contribution in [1.82, 2.24) is 15.3 Å².